The second-order valence-corrected chi connectivity index (χ2v) is 1.77. The third-order valence-electron chi connectivity index (χ3n) is 1.00. The molecule has 0 amide bonds. The van der Waals surface area contributed by atoms with Crippen LogP contribution in [0.1, 0.15) is 0 Å². The predicted octanol–water partition coefficient (Wildman–Crippen LogP) is 1.09. The van der Waals surface area contributed by atoms with E-state index in [1.165, 1.54) is 0 Å². The van der Waals surface area contributed by atoms with Crippen molar-refractivity contribution in [2.75, 3.05) is 5.43 Å². The number of nitrogens with one attached hydrogen (secondary N) is 1. The van der Waals surface area contributed by atoms with Gasteiger partial charge in [-0.2, -0.15) is 0 Å². The minimum absolute atomic E-state index is 0.0880. The Morgan fingerprint density at radius 3 is 2.20 bits per heavy atom. The number of nitrogens with zero attached hydrogens (tertiary/aromatic N) is 1. The van der Waals surface area contributed by atoms with Crippen molar-refractivity contribution in [1.82, 2.24) is 5.34 Å². The van der Waals surface area contributed by atoms with Gasteiger partial charge in [-0.15, -0.1) is 0 Å². The largest absolute Gasteiger partial charge is 0.272 e. The number of para-hydroxylation sites is 1. The molecule has 0 spiro atoms. The van der Waals surface area contributed by atoms with Crippen molar-refractivity contribution in [3.8, 4) is 0 Å². The van der Waals surface area contributed by atoms with Crippen LogP contribution in [0.15, 0.2) is 30.3 Å². The number of hydrogen-bond donors (Lipinski definition) is 3. The van der Waals surface area contributed by atoms with Gasteiger partial charge < -0.3 is 0 Å². The van der Waals surface area contributed by atoms with E-state index in [0.717, 1.165) is 0 Å². The van der Waals surface area contributed by atoms with Crippen LogP contribution in [0.4, 0.5) is 5.69 Å². The van der Waals surface area contributed by atoms with Gasteiger partial charge in [0, 0.05) is 5.34 Å². The highest BCUT2D eigenvalue weighted by atomic mass is 16.8. The fourth-order valence-electron chi connectivity index (χ4n) is 0.628. The molecule has 0 atom stereocenters. The van der Waals surface area contributed by atoms with Crippen molar-refractivity contribution in [3.63, 3.8) is 0 Å². The molecule has 0 radical (unpaired) electrons. The summed E-state index contributed by atoms with van der Waals surface area (Å²) in [6.45, 7) is 0. The first kappa shape index (κ1) is 7.01. The Hall–Kier alpha value is -1.10. The van der Waals surface area contributed by atoms with Gasteiger partial charge in [-0.05, 0) is 12.1 Å². The average molecular weight is 140 g/mol. The lowest BCUT2D eigenvalue weighted by Crippen LogP contribution is -2.20. The van der Waals surface area contributed by atoms with Crippen LogP contribution in [0.3, 0.4) is 0 Å². The van der Waals surface area contributed by atoms with Gasteiger partial charge in [0.25, 0.3) is 0 Å². The summed E-state index contributed by atoms with van der Waals surface area (Å²) < 4.78 is 0. The second kappa shape index (κ2) is 3.17. The molecule has 54 valence electrons. The summed E-state index contributed by atoms with van der Waals surface area (Å²) in [4.78, 5) is 0. The van der Waals surface area contributed by atoms with E-state index < -0.39 is 0 Å². The summed E-state index contributed by atoms with van der Waals surface area (Å²) in [5, 5.41) is 16.5. The maximum Gasteiger partial charge on any atom is 0.0535 e. The molecule has 0 aliphatic rings. The Balaban J connectivity index is 2.59. The molecule has 0 heterocycles. The van der Waals surface area contributed by atoms with E-state index in [-0.39, 0.29) is 5.34 Å². The van der Waals surface area contributed by atoms with Gasteiger partial charge >= 0.3 is 0 Å². The minimum atomic E-state index is -0.0880. The SMILES string of the molecule is ON(O)Nc1ccccc1. The van der Waals surface area contributed by atoms with E-state index in [1.54, 1.807) is 24.3 Å². The quantitative estimate of drug-likeness (QED) is 0.538. The zero-order valence-electron chi connectivity index (χ0n) is 5.23. The minimum Gasteiger partial charge on any atom is -0.272 e. The van der Waals surface area contributed by atoms with Gasteiger partial charge in [-0.3, -0.25) is 15.8 Å². The zero-order valence-corrected chi connectivity index (χ0v) is 5.23. The Morgan fingerprint density at radius 1 is 1.10 bits per heavy atom. The summed E-state index contributed by atoms with van der Waals surface area (Å²) in [5.41, 5.74) is 2.87. The van der Waals surface area contributed by atoms with Gasteiger partial charge in [-0.25, -0.2) is 0 Å². The molecule has 0 bridgehead atoms. The van der Waals surface area contributed by atoms with Crippen molar-refractivity contribution >= 4 is 5.69 Å². The van der Waals surface area contributed by atoms with E-state index in [4.69, 9.17) is 10.4 Å². The highest BCUT2D eigenvalue weighted by Gasteiger charge is 1.90. The number of hydrogen-bond acceptors (Lipinski definition) is 4. The van der Waals surface area contributed by atoms with Crippen molar-refractivity contribution in [1.29, 1.82) is 0 Å². The lowest BCUT2D eigenvalue weighted by molar-refractivity contribution is -0.287. The summed E-state index contributed by atoms with van der Waals surface area (Å²) in [6.07, 6.45) is 0. The van der Waals surface area contributed by atoms with Crippen LogP contribution in [-0.4, -0.2) is 15.8 Å². The van der Waals surface area contributed by atoms with E-state index in [2.05, 4.69) is 5.43 Å². The smallest absolute Gasteiger partial charge is 0.0535 e. The maximum atomic E-state index is 8.28. The van der Waals surface area contributed by atoms with Crippen LogP contribution in [-0.2, 0) is 0 Å². The van der Waals surface area contributed by atoms with Crippen LogP contribution in [0.2, 0.25) is 0 Å². The fraction of sp³-hybridized carbons (Fsp3) is 0. The zero-order chi connectivity index (χ0) is 7.40. The van der Waals surface area contributed by atoms with Crippen LogP contribution < -0.4 is 5.43 Å². The second-order valence-electron chi connectivity index (χ2n) is 1.77. The fourth-order valence-corrected chi connectivity index (χ4v) is 0.628. The van der Waals surface area contributed by atoms with E-state index in [1.807, 2.05) is 6.07 Å². The molecule has 0 aromatic heterocycles. The Bertz CT molecular complexity index is 188. The number of benzene rings is 1. The van der Waals surface area contributed by atoms with Crippen molar-refractivity contribution < 1.29 is 10.4 Å². The molecule has 10 heavy (non-hydrogen) atoms. The molecular weight excluding hydrogens is 132 g/mol. The lowest BCUT2D eigenvalue weighted by Gasteiger charge is -2.07. The number of anilines is 1. The van der Waals surface area contributed by atoms with E-state index >= 15 is 0 Å². The van der Waals surface area contributed by atoms with Crippen molar-refractivity contribution in [3.05, 3.63) is 30.3 Å². The highest BCUT2D eigenvalue weighted by Crippen LogP contribution is 2.03. The van der Waals surface area contributed by atoms with Gasteiger partial charge in [0.05, 0.1) is 5.69 Å². The molecule has 0 saturated carbocycles. The standard InChI is InChI=1S/C6H8N2O2/c9-8(10)7-6-4-2-1-3-5-6/h1-5,7,9-10H. The number of hydrazine groups is 1. The van der Waals surface area contributed by atoms with E-state index in [9.17, 15) is 0 Å². The van der Waals surface area contributed by atoms with Crippen molar-refractivity contribution in [2.24, 2.45) is 0 Å². The van der Waals surface area contributed by atoms with Crippen LogP contribution >= 0.6 is 0 Å². The Kier molecular flexibility index (Phi) is 2.22. The molecule has 0 unspecified atom stereocenters. The highest BCUT2D eigenvalue weighted by molar-refractivity contribution is 5.40. The summed E-state index contributed by atoms with van der Waals surface area (Å²) >= 11 is 0. The first-order chi connectivity index (χ1) is 4.79. The predicted molar refractivity (Wildman–Crippen MR) is 35.5 cm³/mol. The Labute approximate surface area is 58.2 Å². The topological polar surface area (TPSA) is 55.7 Å². The third kappa shape index (κ3) is 2.02. The molecule has 0 aliphatic heterocycles. The van der Waals surface area contributed by atoms with Crippen molar-refractivity contribution in [2.45, 2.75) is 0 Å². The molecule has 3 N–H and O–H groups in total. The summed E-state index contributed by atoms with van der Waals surface area (Å²) in [5.74, 6) is 0. The molecule has 4 nitrogen and oxygen atoms in total. The van der Waals surface area contributed by atoms with Gasteiger partial charge in [0.1, 0.15) is 0 Å². The maximum absolute atomic E-state index is 8.28. The lowest BCUT2D eigenvalue weighted by atomic mass is 10.3. The molecule has 0 fully saturated rings. The molecule has 1 aromatic rings. The normalized spacial score (nSPS) is 9.90. The molecule has 1 aromatic carbocycles. The van der Waals surface area contributed by atoms with Gasteiger partial charge in [0.2, 0.25) is 0 Å². The molecule has 4 heteroatoms. The summed E-state index contributed by atoms with van der Waals surface area (Å²) in [6, 6.07) is 8.82. The summed E-state index contributed by atoms with van der Waals surface area (Å²) in [7, 11) is 0. The van der Waals surface area contributed by atoms with Crippen LogP contribution in [0.5, 0.6) is 0 Å². The molecule has 0 aliphatic carbocycles. The molecular formula is C6H8N2O2. The first-order valence-electron chi connectivity index (χ1n) is 2.78. The number of rotatable bonds is 2. The van der Waals surface area contributed by atoms with Gasteiger partial charge in [-0.1, -0.05) is 18.2 Å². The monoisotopic (exact) mass is 140 g/mol. The van der Waals surface area contributed by atoms with E-state index in [0.29, 0.717) is 5.69 Å². The third-order valence-corrected chi connectivity index (χ3v) is 1.00. The van der Waals surface area contributed by atoms with Gasteiger partial charge in [0.15, 0.2) is 0 Å². The Morgan fingerprint density at radius 2 is 1.70 bits per heavy atom. The average Bonchev–Trinajstić information content (AvgIpc) is 1.88. The molecule has 1 rings (SSSR count). The first-order valence-corrected chi connectivity index (χ1v) is 2.78. The molecule has 0 saturated heterocycles. The van der Waals surface area contributed by atoms with Crippen LogP contribution in [0.25, 0.3) is 0 Å². The van der Waals surface area contributed by atoms with Crippen LogP contribution in [0, 0.1) is 0 Å².